The topological polar surface area (TPSA) is 114 Å². The normalized spacial score (nSPS) is 14.8. The van der Waals surface area contributed by atoms with Gasteiger partial charge in [-0.05, 0) is 65.7 Å². The number of nitrogens with zero attached hydrogens (tertiary/aromatic N) is 3. The van der Waals surface area contributed by atoms with Crippen LogP contribution in [0.2, 0.25) is 0 Å². The van der Waals surface area contributed by atoms with Gasteiger partial charge in [0, 0.05) is 24.7 Å². The number of aromatic nitrogens is 2. The van der Waals surface area contributed by atoms with E-state index in [2.05, 4.69) is 20.6 Å². The number of hydrogen-bond acceptors (Lipinski definition) is 6. The van der Waals surface area contributed by atoms with Gasteiger partial charge in [-0.25, -0.2) is 14.8 Å². The van der Waals surface area contributed by atoms with Gasteiger partial charge in [-0.1, -0.05) is 0 Å². The molecule has 172 valence electrons. The van der Waals surface area contributed by atoms with Crippen LogP contribution in [0.15, 0.2) is 18.2 Å². The smallest absolute Gasteiger partial charge is 0.408 e. The van der Waals surface area contributed by atoms with E-state index in [1.807, 2.05) is 19.9 Å². The van der Waals surface area contributed by atoms with Crippen molar-refractivity contribution in [1.29, 1.82) is 0 Å². The van der Waals surface area contributed by atoms with Crippen LogP contribution in [0.1, 0.15) is 55.4 Å². The first-order valence-corrected chi connectivity index (χ1v) is 10.8. The van der Waals surface area contributed by atoms with Crippen LogP contribution in [0.25, 0.3) is 11.0 Å². The number of nitrogens with one attached hydrogen (secondary N) is 2. The summed E-state index contributed by atoms with van der Waals surface area (Å²) >= 11 is 0. The van der Waals surface area contributed by atoms with Crippen molar-refractivity contribution in [2.75, 3.05) is 19.6 Å². The van der Waals surface area contributed by atoms with E-state index >= 15 is 0 Å². The number of piperidine rings is 1. The third-order valence-corrected chi connectivity index (χ3v) is 5.26. The van der Waals surface area contributed by atoms with Crippen LogP contribution in [-0.4, -0.2) is 64.1 Å². The minimum absolute atomic E-state index is 0.0416. The fourth-order valence-corrected chi connectivity index (χ4v) is 3.52. The Kier molecular flexibility index (Phi) is 6.96. The summed E-state index contributed by atoms with van der Waals surface area (Å²) in [6.45, 7) is 10.0. The van der Waals surface area contributed by atoms with Crippen LogP contribution >= 0.6 is 0 Å². The molecule has 0 unspecified atom stereocenters. The molecule has 3 rings (SSSR count). The maximum Gasteiger partial charge on any atom is 0.408 e. The summed E-state index contributed by atoms with van der Waals surface area (Å²) in [6, 6.07) is 5.35. The molecule has 2 heterocycles. The first kappa shape index (κ1) is 23.4. The molecule has 0 bridgehead atoms. The van der Waals surface area contributed by atoms with Crippen LogP contribution in [0.4, 0.5) is 4.79 Å². The monoisotopic (exact) mass is 441 g/mol. The van der Waals surface area contributed by atoms with E-state index in [1.54, 1.807) is 37.8 Å². The van der Waals surface area contributed by atoms with Gasteiger partial charge in [-0.2, -0.15) is 0 Å². The maximum atomic E-state index is 12.9. The Balaban J connectivity index is 1.49. The second-order valence-electron chi connectivity index (χ2n) is 9.09. The Morgan fingerprint density at radius 1 is 1.06 bits per heavy atom. The van der Waals surface area contributed by atoms with Crippen LogP contribution < -0.4 is 10.6 Å². The summed E-state index contributed by atoms with van der Waals surface area (Å²) < 4.78 is 5.12. The van der Waals surface area contributed by atoms with Gasteiger partial charge in [0.1, 0.15) is 12.1 Å². The van der Waals surface area contributed by atoms with E-state index in [-0.39, 0.29) is 24.4 Å². The van der Waals surface area contributed by atoms with Crippen molar-refractivity contribution >= 4 is 28.9 Å². The van der Waals surface area contributed by atoms with E-state index in [4.69, 9.17) is 4.74 Å². The molecule has 2 aromatic rings. The summed E-state index contributed by atoms with van der Waals surface area (Å²) in [6.07, 6.45) is 0.670. The molecule has 1 aliphatic heterocycles. The van der Waals surface area contributed by atoms with E-state index < -0.39 is 11.7 Å². The molecule has 1 aliphatic rings. The molecule has 1 aromatic carbocycles. The molecule has 0 radical (unpaired) electrons. The Labute approximate surface area is 187 Å². The molecule has 0 aliphatic carbocycles. The van der Waals surface area contributed by atoms with Gasteiger partial charge in [0.05, 0.1) is 22.4 Å². The summed E-state index contributed by atoms with van der Waals surface area (Å²) in [5.74, 6) is -0.331. The minimum Gasteiger partial charge on any atom is -0.444 e. The number of fused-ring (bicyclic) bond motifs is 1. The molecule has 0 saturated carbocycles. The van der Waals surface area contributed by atoms with Crippen molar-refractivity contribution in [2.45, 2.75) is 59.1 Å². The second kappa shape index (κ2) is 9.50. The fourth-order valence-electron chi connectivity index (χ4n) is 3.52. The van der Waals surface area contributed by atoms with Crippen LogP contribution in [0, 0.1) is 13.8 Å². The Morgan fingerprint density at radius 3 is 2.31 bits per heavy atom. The summed E-state index contributed by atoms with van der Waals surface area (Å²) in [5, 5.41) is 5.36. The van der Waals surface area contributed by atoms with Crippen LogP contribution in [0.3, 0.4) is 0 Å². The maximum absolute atomic E-state index is 12.9. The van der Waals surface area contributed by atoms with Gasteiger partial charge in [0.15, 0.2) is 0 Å². The Hall–Kier alpha value is -3.23. The summed E-state index contributed by atoms with van der Waals surface area (Å²) in [4.78, 5) is 47.6. The highest BCUT2D eigenvalue weighted by molar-refractivity contribution is 5.97. The Bertz CT molecular complexity index is 1020. The van der Waals surface area contributed by atoms with Gasteiger partial charge in [0.2, 0.25) is 5.91 Å². The fraction of sp³-hybridized carbons (Fsp3) is 0.522. The molecule has 0 spiro atoms. The van der Waals surface area contributed by atoms with Crippen molar-refractivity contribution < 1.29 is 19.1 Å². The van der Waals surface area contributed by atoms with Crippen molar-refractivity contribution in [1.82, 2.24) is 25.5 Å². The van der Waals surface area contributed by atoms with Crippen LogP contribution in [0.5, 0.6) is 0 Å². The number of amides is 3. The highest BCUT2D eigenvalue weighted by Gasteiger charge is 2.25. The number of benzene rings is 1. The average molecular weight is 442 g/mol. The van der Waals surface area contributed by atoms with Gasteiger partial charge in [-0.15, -0.1) is 0 Å². The number of rotatable bonds is 4. The molecule has 9 heteroatoms. The van der Waals surface area contributed by atoms with Crippen molar-refractivity contribution in [2.24, 2.45) is 0 Å². The number of likely N-dealkylation sites (tertiary alicyclic amines) is 1. The summed E-state index contributed by atoms with van der Waals surface area (Å²) in [7, 11) is 0. The van der Waals surface area contributed by atoms with Crippen LogP contribution in [-0.2, 0) is 9.53 Å². The predicted octanol–water partition coefficient (Wildman–Crippen LogP) is 2.49. The molecule has 0 atom stereocenters. The molecular weight excluding hydrogens is 410 g/mol. The first-order valence-electron chi connectivity index (χ1n) is 10.8. The van der Waals surface area contributed by atoms with Crippen molar-refractivity contribution in [3.8, 4) is 0 Å². The minimum atomic E-state index is -0.626. The van der Waals surface area contributed by atoms with Crippen molar-refractivity contribution in [3.05, 3.63) is 35.2 Å². The highest BCUT2D eigenvalue weighted by Crippen LogP contribution is 2.18. The number of alkyl carbamates (subject to hydrolysis) is 1. The quantitative estimate of drug-likeness (QED) is 0.754. The van der Waals surface area contributed by atoms with E-state index in [0.29, 0.717) is 37.0 Å². The lowest BCUT2D eigenvalue weighted by Crippen LogP contribution is -2.49. The largest absolute Gasteiger partial charge is 0.444 e. The molecule has 32 heavy (non-hydrogen) atoms. The lowest BCUT2D eigenvalue weighted by atomic mass is 10.0. The van der Waals surface area contributed by atoms with Crippen molar-refractivity contribution in [3.63, 3.8) is 0 Å². The lowest BCUT2D eigenvalue weighted by molar-refractivity contribution is -0.121. The molecule has 9 nitrogen and oxygen atoms in total. The average Bonchev–Trinajstić information content (AvgIpc) is 2.72. The van der Waals surface area contributed by atoms with E-state index in [0.717, 1.165) is 16.9 Å². The summed E-state index contributed by atoms with van der Waals surface area (Å²) in [5.41, 5.74) is 3.17. The number of carbonyl (C=O) groups is 3. The second-order valence-corrected chi connectivity index (χ2v) is 9.09. The molecule has 1 saturated heterocycles. The first-order chi connectivity index (χ1) is 15.0. The third kappa shape index (κ3) is 6.15. The molecule has 1 aromatic heterocycles. The molecule has 3 amide bonds. The zero-order valence-corrected chi connectivity index (χ0v) is 19.3. The highest BCUT2D eigenvalue weighted by atomic mass is 16.6. The standard InChI is InChI=1S/C23H31N5O4/c1-14-15(2)26-19-12-16(6-7-18(19)25-14)21(30)28-10-8-17(9-11-28)27-20(29)13-24-22(31)32-23(3,4)5/h6-7,12,17H,8-11,13H2,1-5H3,(H,24,31)(H,27,29). The molecular formula is C23H31N5O4. The van der Waals surface area contributed by atoms with Gasteiger partial charge >= 0.3 is 6.09 Å². The van der Waals surface area contributed by atoms with Gasteiger partial charge in [-0.3, -0.25) is 9.59 Å². The SMILES string of the molecule is Cc1nc2ccc(C(=O)N3CCC(NC(=O)CNC(=O)OC(C)(C)C)CC3)cc2nc1C. The zero-order chi connectivity index (χ0) is 23.5. The Morgan fingerprint density at radius 2 is 1.69 bits per heavy atom. The van der Waals surface area contributed by atoms with Gasteiger partial charge < -0.3 is 20.3 Å². The lowest BCUT2D eigenvalue weighted by Gasteiger charge is -2.32. The predicted molar refractivity (Wildman–Crippen MR) is 120 cm³/mol. The van der Waals surface area contributed by atoms with E-state index in [9.17, 15) is 14.4 Å². The molecule has 1 fully saturated rings. The zero-order valence-electron chi connectivity index (χ0n) is 19.3. The number of hydrogen-bond donors (Lipinski definition) is 2. The number of carbonyl (C=O) groups excluding carboxylic acids is 3. The molecule has 2 N–H and O–H groups in total. The van der Waals surface area contributed by atoms with E-state index in [1.165, 1.54) is 0 Å². The van der Waals surface area contributed by atoms with Gasteiger partial charge in [0.25, 0.3) is 5.91 Å². The third-order valence-electron chi connectivity index (χ3n) is 5.26. The number of ether oxygens (including phenoxy) is 1. The number of aryl methyl sites for hydroxylation is 2.